The maximum Gasteiger partial charge on any atom is 0.125 e. The van der Waals surface area contributed by atoms with Gasteiger partial charge >= 0.3 is 0 Å². The van der Waals surface area contributed by atoms with Crippen molar-refractivity contribution in [2.45, 2.75) is 4.90 Å². The molecule has 0 amide bonds. The van der Waals surface area contributed by atoms with Crippen molar-refractivity contribution in [3.8, 4) is 5.75 Å². The number of fused-ring (bicyclic) bond motifs is 1. The number of hydrogen-bond acceptors (Lipinski definition) is 5. The van der Waals surface area contributed by atoms with Crippen LogP contribution in [0, 0.1) is 0 Å². The molecule has 3 aromatic rings. The lowest BCUT2D eigenvalue weighted by Crippen LogP contribution is -1.99. The molecule has 0 aliphatic carbocycles. The Morgan fingerprint density at radius 3 is 2.50 bits per heavy atom. The van der Waals surface area contributed by atoms with Gasteiger partial charge in [0.15, 0.2) is 0 Å². The molecule has 0 radical (unpaired) electrons. The number of hydrogen-bond donors (Lipinski definition) is 1. The fraction of sp³-hybridized carbons (Fsp3) is 0. The van der Waals surface area contributed by atoms with Gasteiger partial charge in [-0.2, -0.15) is 0 Å². The highest BCUT2D eigenvalue weighted by atomic mass is 35.5. The molecule has 0 fully saturated rings. The van der Waals surface area contributed by atoms with Crippen LogP contribution in [-0.4, -0.2) is 24.3 Å². The Balaban J connectivity index is 2.14. The molecule has 3 rings (SSSR count). The van der Waals surface area contributed by atoms with Gasteiger partial charge in [-0.05, 0) is 30.3 Å². The Hall–Kier alpha value is -2.41. The normalized spacial score (nSPS) is 12.1. The summed E-state index contributed by atoms with van der Waals surface area (Å²) >= 11 is 5.89. The molecule has 0 saturated heterocycles. The Bertz CT molecular complexity index is 1060. The third kappa shape index (κ3) is 3.26. The van der Waals surface area contributed by atoms with E-state index in [1.165, 1.54) is 24.4 Å². The number of halogens is 1. The SMILES string of the molecule is O=S(=O)([O-])c1cccc2c(N=Cc3cc(Cl)ccc3O)cccc12. The first-order valence-corrected chi connectivity index (χ1v) is 8.65. The van der Waals surface area contributed by atoms with Gasteiger partial charge in [-0.25, -0.2) is 8.42 Å². The molecule has 3 aromatic carbocycles. The van der Waals surface area contributed by atoms with Crippen LogP contribution in [-0.2, 0) is 10.1 Å². The van der Waals surface area contributed by atoms with Crippen LogP contribution in [0.3, 0.4) is 0 Å². The lowest BCUT2D eigenvalue weighted by molar-refractivity contribution is 0.464. The second kappa shape index (κ2) is 6.24. The van der Waals surface area contributed by atoms with Crippen molar-refractivity contribution in [1.29, 1.82) is 0 Å². The molecule has 0 aromatic heterocycles. The molecule has 0 heterocycles. The minimum absolute atomic E-state index is 0.0196. The van der Waals surface area contributed by atoms with Crippen molar-refractivity contribution in [2.24, 2.45) is 4.99 Å². The van der Waals surface area contributed by atoms with Gasteiger partial charge in [0.25, 0.3) is 0 Å². The van der Waals surface area contributed by atoms with Gasteiger partial charge in [0, 0.05) is 27.6 Å². The van der Waals surface area contributed by atoms with E-state index in [1.54, 1.807) is 36.4 Å². The van der Waals surface area contributed by atoms with Crippen molar-refractivity contribution in [2.75, 3.05) is 0 Å². The molecule has 0 saturated carbocycles. The van der Waals surface area contributed by atoms with E-state index in [1.807, 2.05) is 0 Å². The second-order valence-corrected chi connectivity index (χ2v) is 6.83. The minimum atomic E-state index is -4.58. The lowest BCUT2D eigenvalue weighted by Gasteiger charge is -2.11. The van der Waals surface area contributed by atoms with Crippen LogP contribution >= 0.6 is 11.6 Å². The zero-order valence-electron chi connectivity index (χ0n) is 12.2. The topological polar surface area (TPSA) is 89.8 Å². The molecule has 0 bridgehead atoms. The molecular weight excluding hydrogens is 350 g/mol. The number of phenolic OH excluding ortho intramolecular Hbond substituents is 1. The van der Waals surface area contributed by atoms with Gasteiger partial charge in [0.1, 0.15) is 15.9 Å². The summed E-state index contributed by atoms with van der Waals surface area (Å²) in [6.45, 7) is 0. The Labute approximate surface area is 143 Å². The van der Waals surface area contributed by atoms with Crippen molar-refractivity contribution < 1.29 is 18.1 Å². The van der Waals surface area contributed by atoms with E-state index in [0.29, 0.717) is 27.0 Å². The summed E-state index contributed by atoms with van der Waals surface area (Å²) in [5.74, 6) is 0.0196. The van der Waals surface area contributed by atoms with E-state index < -0.39 is 10.1 Å². The highest BCUT2D eigenvalue weighted by Crippen LogP contribution is 2.30. The Kier molecular flexibility index (Phi) is 4.28. The van der Waals surface area contributed by atoms with Crippen LogP contribution in [0.25, 0.3) is 10.8 Å². The molecular formula is C17H11ClNO4S-. The van der Waals surface area contributed by atoms with E-state index in [2.05, 4.69) is 4.99 Å². The monoisotopic (exact) mass is 360 g/mol. The van der Waals surface area contributed by atoms with Crippen LogP contribution in [0.4, 0.5) is 5.69 Å². The lowest BCUT2D eigenvalue weighted by atomic mass is 10.1. The number of aliphatic imine (C=N–C) groups is 1. The second-order valence-electron chi connectivity index (χ2n) is 5.04. The van der Waals surface area contributed by atoms with Crippen molar-refractivity contribution in [3.63, 3.8) is 0 Å². The molecule has 0 aliphatic heterocycles. The fourth-order valence-electron chi connectivity index (χ4n) is 2.36. The quantitative estimate of drug-likeness (QED) is 0.567. The van der Waals surface area contributed by atoms with Crippen LogP contribution in [0.1, 0.15) is 5.56 Å². The average molecular weight is 361 g/mol. The third-order valence-electron chi connectivity index (χ3n) is 3.46. The molecule has 24 heavy (non-hydrogen) atoms. The number of rotatable bonds is 3. The maximum atomic E-state index is 11.4. The number of aromatic hydroxyl groups is 1. The van der Waals surface area contributed by atoms with E-state index >= 15 is 0 Å². The Morgan fingerprint density at radius 2 is 1.75 bits per heavy atom. The number of nitrogens with zero attached hydrogens (tertiary/aromatic N) is 1. The maximum absolute atomic E-state index is 11.4. The summed E-state index contributed by atoms with van der Waals surface area (Å²) < 4.78 is 34.1. The van der Waals surface area contributed by atoms with Gasteiger partial charge in [-0.3, -0.25) is 4.99 Å². The van der Waals surface area contributed by atoms with E-state index in [0.717, 1.165) is 0 Å². The fourth-order valence-corrected chi connectivity index (χ4v) is 3.24. The summed E-state index contributed by atoms with van der Waals surface area (Å²) in [5.41, 5.74) is 0.893. The van der Waals surface area contributed by atoms with E-state index in [4.69, 9.17) is 11.6 Å². The zero-order chi connectivity index (χ0) is 17.3. The molecule has 0 unspecified atom stereocenters. The van der Waals surface area contributed by atoms with E-state index in [9.17, 15) is 18.1 Å². The van der Waals surface area contributed by atoms with Gasteiger partial charge in [0.2, 0.25) is 0 Å². The van der Waals surface area contributed by atoms with Crippen LogP contribution in [0.15, 0.2) is 64.5 Å². The molecule has 5 nitrogen and oxygen atoms in total. The summed E-state index contributed by atoms with van der Waals surface area (Å²) in [4.78, 5) is 4.00. The Morgan fingerprint density at radius 1 is 1.04 bits per heavy atom. The minimum Gasteiger partial charge on any atom is -0.744 e. The molecule has 122 valence electrons. The van der Waals surface area contributed by atoms with Gasteiger partial charge in [0.05, 0.1) is 10.6 Å². The standard InChI is InChI=1S/C17H12ClNO4S/c18-12-7-8-16(20)11(9-12)10-19-15-5-1-4-14-13(15)3-2-6-17(14)24(21,22)23/h1-10,20H,(H,21,22,23)/p-1. The zero-order valence-corrected chi connectivity index (χ0v) is 13.8. The average Bonchev–Trinajstić information content (AvgIpc) is 2.54. The summed E-state index contributed by atoms with van der Waals surface area (Å²) in [5, 5.41) is 11.1. The van der Waals surface area contributed by atoms with Crippen molar-refractivity contribution in [1.82, 2.24) is 0 Å². The summed E-state index contributed by atoms with van der Waals surface area (Å²) in [6, 6.07) is 13.8. The molecule has 0 spiro atoms. The molecule has 1 N–H and O–H groups in total. The smallest absolute Gasteiger partial charge is 0.125 e. The van der Waals surface area contributed by atoms with Crippen LogP contribution in [0.5, 0.6) is 5.75 Å². The summed E-state index contributed by atoms with van der Waals surface area (Å²) in [7, 11) is -4.58. The number of benzene rings is 3. The highest BCUT2D eigenvalue weighted by Gasteiger charge is 2.09. The number of phenols is 1. The first-order chi connectivity index (χ1) is 11.4. The molecule has 7 heteroatoms. The van der Waals surface area contributed by atoms with Gasteiger partial charge < -0.3 is 9.66 Å². The van der Waals surface area contributed by atoms with Gasteiger partial charge in [-0.1, -0.05) is 35.9 Å². The summed E-state index contributed by atoms with van der Waals surface area (Å²) in [6.07, 6.45) is 1.42. The predicted octanol–water partition coefficient (Wildman–Crippen LogP) is 3.85. The molecule has 0 atom stereocenters. The van der Waals surface area contributed by atoms with Crippen LogP contribution in [0.2, 0.25) is 5.02 Å². The first kappa shape index (κ1) is 16.4. The van der Waals surface area contributed by atoms with Gasteiger partial charge in [-0.15, -0.1) is 0 Å². The first-order valence-electron chi connectivity index (χ1n) is 6.86. The van der Waals surface area contributed by atoms with E-state index in [-0.39, 0.29) is 10.6 Å². The molecule has 0 aliphatic rings. The third-order valence-corrected chi connectivity index (χ3v) is 4.59. The van der Waals surface area contributed by atoms with Crippen molar-refractivity contribution in [3.05, 3.63) is 65.2 Å². The largest absolute Gasteiger partial charge is 0.744 e. The van der Waals surface area contributed by atoms with Crippen molar-refractivity contribution >= 4 is 44.4 Å². The highest BCUT2D eigenvalue weighted by molar-refractivity contribution is 7.86. The van der Waals surface area contributed by atoms with Crippen LogP contribution < -0.4 is 0 Å². The predicted molar refractivity (Wildman–Crippen MR) is 92.3 cm³/mol.